The van der Waals surface area contributed by atoms with Crippen molar-refractivity contribution in [2.45, 2.75) is 51.4 Å². The van der Waals surface area contributed by atoms with E-state index in [9.17, 15) is 4.79 Å². The third-order valence-electron chi connectivity index (χ3n) is 2.22. The van der Waals surface area contributed by atoms with Crippen LogP contribution in [0.2, 0.25) is 0 Å². The Labute approximate surface area is 89.9 Å². The predicted octanol–water partition coefficient (Wildman–Crippen LogP) is 2.61. The zero-order valence-corrected chi connectivity index (χ0v) is 8.98. The van der Waals surface area contributed by atoms with Crippen LogP contribution in [0.25, 0.3) is 0 Å². The molecule has 0 radical (unpaired) electrons. The lowest BCUT2D eigenvalue weighted by atomic mass is 10.1. The van der Waals surface area contributed by atoms with E-state index >= 15 is 0 Å². The number of hydrogen-bond acceptors (Lipinski definition) is 5. The van der Waals surface area contributed by atoms with E-state index < -0.39 is 5.97 Å². The average Bonchev–Trinajstić information content (AvgIpc) is 2.26. The molecule has 0 heterocycles. The fraction of sp³-hybridized carbons (Fsp3) is 0.900. The molecule has 0 rings (SSSR count). The molecule has 0 aromatic heterocycles. The fourth-order valence-electron chi connectivity index (χ4n) is 1.37. The van der Waals surface area contributed by atoms with Crippen LogP contribution in [0.1, 0.15) is 51.4 Å². The molecule has 15 heavy (non-hydrogen) atoms. The Morgan fingerprint density at radius 2 is 1.40 bits per heavy atom. The summed E-state index contributed by atoms with van der Waals surface area (Å²) < 4.78 is 0. The standard InChI is InChI=1S/C10H20O5/c11-10(15-13)8-6-4-2-1-3-5-7-9-14-12/h12-13H,1-9H2. The fourth-order valence-corrected chi connectivity index (χ4v) is 1.37. The maximum Gasteiger partial charge on any atom is 0.342 e. The normalized spacial score (nSPS) is 10.3. The van der Waals surface area contributed by atoms with Crippen molar-refractivity contribution in [1.29, 1.82) is 0 Å². The van der Waals surface area contributed by atoms with Crippen LogP contribution >= 0.6 is 0 Å². The largest absolute Gasteiger partial charge is 0.342 e. The third kappa shape index (κ3) is 11.3. The van der Waals surface area contributed by atoms with E-state index in [-0.39, 0.29) is 6.42 Å². The first-order valence-electron chi connectivity index (χ1n) is 5.42. The summed E-state index contributed by atoms with van der Waals surface area (Å²) in [5.41, 5.74) is 0. The molecular weight excluding hydrogens is 200 g/mol. The zero-order valence-electron chi connectivity index (χ0n) is 8.98. The quantitative estimate of drug-likeness (QED) is 0.336. The summed E-state index contributed by atoms with van der Waals surface area (Å²) in [6, 6.07) is 0. The van der Waals surface area contributed by atoms with Crippen LogP contribution in [-0.2, 0) is 14.6 Å². The van der Waals surface area contributed by atoms with E-state index in [0.29, 0.717) is 6.61 Å². The van der Waals surface area contributed by atoms with Gasteiger partial charge < -0.3 is 4.89 Å². The second-order valence-electron chi connectivity index (χ2n) is 3.52. The highest BCUT2D eigenvalue weighted by molar-refractivity contribution is 5.68. The maximum absolute atomic E-state index is 10.5. The zero-order chi connectivity index (χ0) is 11.4. The predicted molar refractivity (Wildman–Crippen MR) is 54.2 cm³/mol. The van der Waals surface area contributed by atoms with Crippen molar-refractivity contribution in [2.75, 3.05) is 6.61 Å². The molecule has 5 nitrogen and oxygen atoms in total. The highest BCUT2D eigenvalue weighted by atomic mass is 17.1. The van der Waals surface area contributed by atoms with E-state index in [1.54, 1.807) is 0 Å². The van der Waals surface area contributed by atoms with Gasteiger partial charge in [-0.15, -0.1) is 0 Å². The van der Waals surface area contributed by atoms with Crippen LogP contribution in [0.4, 0.5) is 0 Å². The van der Waals surface area contributed by atoms with E-state index in [2.05, 4.69) is 9.78 Å². The van der Waals surface area contributed by atoms with E-state index in [4.69, 9.17) is 10.5 Å². The average molecular weight is 220 g/mol. The second kappa shape index (κ2) is 11.4. The molecule has 0 aliphatic heterocycles. The number of unbranched alkanes of at least 4 members (excludes halogenated alkanes) is 6. The summed E-state index contributed by atoms with van der Waals surface area (Å²) >= 11 is 0. The van der Waals surface area contributed by atoms with E-state index in [1.165, 1.54) is 0 Å². The van der Waals surface area contributed by atoms with Crippen molar-refractivity contribution in [2.24, 2.45) is 0 Å². The molecule has 0 spiro atoms. The summed E-state index contributed by atoms with van der Waals surface area (Å²) in [6.45, 7) is 0.405. The van der Waals surface area contributed by atoms with Crippen LogP contribution in [0.15, 0.2) is 0 Å². The number of carbonyl (C=O) groups is 1. The van der Waals surface area contributed by atoms with Gasteiger partial charge in [0.25, 0.3) is 0 Å². The summed E-state index contributed by atoms with van der Waals surface area (Å²) in [7, 11) is 0. The number of carbonyl (C=O) groups excluding carboxylic acids is 1. The molecule has 0 unspecified atom stereocenters. The molecule has 0 saturated heterocycles. The minimum Gasteiger partial charge on any atom is -0.301 e. The minimum atomic E-state index is -0.560. The van der Waals surface area contributed by atoms with Crippen molar-refractivity contribution >= 4 is 5.97 Å². The molecule has 90 valence electrons. The van der Waals surface area contributed by atoms with E-state index in [0.717, 1.165) is 44.9 Å². The monoisotopic (exact) mass is 220 g/mol. The lowest BCUT2D eigenvalue weighted by Gasteiger charge is -2.00. The molecular formula is C10H20O5. The van der Waals surface area contributed by atoms with Crippen LogP contribution in [0.5, 0.6) is 0 Å². The Morgan fingerprint density at radius 3 is 1.93 bits per heavy atom. The first-order valence-corrected chi connectivity index (χ1v) is 5.42. The van der Waals surface area contributed by atoms with Gasteiger partial charge in [-0.3, -0.25) is 5.26 Å². The Kier molecular flexibility index (Phi) is 10.9. The van der Waals surface area contributed by atoms with Crippen molar-refractivity contribution in [3.63, 3.8) is 0 Å². The Bertz CT molecular complexity index is 149. The van der Waals surface area contributed by atoms with Crippen LogP contribution in [0.3, 0.4) is 0 Å². The molecule has 0 fully saturated rings. The number of rotatable bonds is 10. The molecule has 0 aliphatic rings. The first-order chi connectivity index (χ1) is 7.31. The van der Waals surface area contributed by atoms with Gasteiger partial charge in [-0.2, -0.15) is 5.26 Å². The van der Waals surface area contributed by atoms with Gasteiger partial charge in [0.15, 0.2) is 0 Å². The Hall–Kier alpha value is -0.650. The summed E-state index contributed by atoms with van der Waals surface area (Å²) in [5.74, 6) is -0.560. The number of hydrogen-bond donors (Lipinski definition) is 2. The van der Waals surface area contributed by atoms with Gasteiger partial charge in [0.1, 0.15) is 0 Å². The Morgan fingerprint density at radius 1 is 0.867 bits per heavy atom. The molecule has 5 heteroatoms. The smallest absolute Gasteiger partial charge is 0.301 e. The van der Waals surface area contributed by atoms with Crippen molar-refractivity contribution < 1.29 is 25.1 Å². The molecule has 0 aliphatic carbocycles. The first kappa shape index (κ1) is 14.3. The van der Waals surface area contributed by atoms with Gasteiger partial charge in [0, 0.05) is 6.42 Å². The molecule has 2 N–H and O–H groups in total. The van der Waals surface area contributed by atoms with E-state index in [1.807, 2.05) is 0 Å². The van der Waals surface area contributed by atoms with Crippen molar-refractivity contribution in [3.8, 4) is 0 Å². The van der Waals surface area contributed by atoms with Gasteiger partial charge in [0.2, 0.25) is 0 Å². The topological polar surface area (TPSA) is 76.0 Å². The highest BCUT2D eigenvalue weighted by Gasteiger charge is 2.00. The molecule has 0 saturated carbocycles. The van der Waals surface area contributed by atoms with Crippen LogP contribution in [0, 0.1) is 0 Å². The summed E-state index contributed by atoms with van der Waals surface area (Å²) in [5, 5.41) is 16.0. The molecule has 0 bridgehead atoms. The molecule has 0 aromatic carbocycles. The van der Waals surface area contributed by atoms with Gasteiger partial charge in [-0.25, -0.2) is 9.68 Å². The molecule has 0 amide bonds. The SMILES string of the molecule is O=C(CCCCCCCCCOO)OO. The van der Waals surface area contributed by atoms with Crippen LogP contribution < -0.4 is 0 Å². The maximum atomic E-state index is 10.5. The van der Waals surface area contributed by atoms with Gasteiger partial charge >= 0.3 is 5.97 Å². The van der Waals surface area contributed by atoms with Crippen molar-refractivity contribution in [3.05, 3.63) is 0 Å². The second-order valence-corrected chi connectivity index (χ2v) is 3.52. The minimum absolute atomic E-state index is 0.287. The van der Waals surface area contributed by atoms with Gasteiger partial charge in [-0.05, 0) is 12.8 Å². The van der Waals surface area contributed by atoms with Crippen LogP contribution in [-0.4, -0.2) is 23.1 Å². The molecule has 0 aromatic rings. The van der Waals surface area contributed by atoms with Gasteiger partial charge in [-0.1, -0.05) is 32.1 Å². The van der Waals surface area contributed by atoms with Crippen molar-refractivity contribution in [1.82, 2.24) is 0 Å². The molecule has 0 atom stereocenters. The summed E-state index contributed by atoms with van der Waals surface area (Å²) in [4.78, 5) is 18.0. The highest BCUT2D eigenvalue weighted by Crippen LogP contribution is 2.08. The summed E-state index contributed by atoms with van der Waals surface area (Å²) in [6.07, 6.45) is 7.29. The Balaban J connectivity index is 2.95. The third-order valence-corrected chi connectivity index (χ3v) is 2.22. The van der Waals surface area contributed by atoms with Gasteiger partial charge in [0.05, 0.1) is 6.61 Å². The lowest BCUT2D eigenvalue weighted by Crippen LogP contribution is -1.99. The lowest BCUT2D eigenvalue weighted by molar-refractivity contribution is -0.242.